The number of nitrogens with zero attached hydrogens (tertiary/aromatic N) is 4. The summed E-state index contributed by atoms with van der Waals surface area (Å²) in [7, 11) is 0. The first kappa shape index (κ1) is 31.9. The second-order valence-electron chi connectivity index (χ2n) is 14.2. The van der Waals surface area contributed by atoms with Crippen LogP contribution in [-0.4, -0.2) is 19.1 Å². The van der Waals surface area contributed by atoms with E-state index in [4.69, 9.17) is 9.97 Å². The molecule has 3 aromatic heterocycles. The van der Waals surface area contributed by atoms with Gasteiger partial charge in [0.1, 0.15) is 0 Å². The number of hydrogen-bond donors (Lipinski definition) is 0. The summed E-state index contributed by atoms with van der Waals surface area (Å²) in [5, 5.41) is 4.84. The molecule has 0 radical (unpaired) electrons. The smallest absolute Gasteiger partial charge is 0.160 e. The molecule has 0 aliphatic heterocycles. The third-order valence-corrected chi connectivity index (χ3v) is 10.9. The van der Waals surface area contributed by atoms with Crippen LogP contribution < -0.4 is 0 Å². The van der Waals surface area contributed by atoms with Crippen molar-refractivity contribution in [3.8, 4) is 56.4 Å². The standard InChI is InChI=1S/C52H34N4/c1-4-18-35(19-5-1)38-24-10-11-25-39(38)45-34-46(54-52(53-45)36-20-6-2-7-21-36)42-28-14-17-31-49(42)56-48-30-16-13-27-41(48)44-32-50-43(33-51(44)56)40-26-12-15-29-47(40)55(50)37-22-8-3-9-23-37/h1-34H. The minimum absolute atomic E-state index is 0.688. The fourth-order valence-corrected chi connectivity index (χ4v) is 8.45. The molecule has 0 bridgehead atoms. The summed E-state index contributed by atoms with van der Waals surface area (Å²) in [6, 6.07) is 73.1. The molecule has 0 spiro atoms. The van der Waals surface area contributed by atoms with Gasteiger partial charge in [0.05, 0.1) is 39.1 Å². The number of rotatable bonds is 6. The average Bonchev–Trinajstić information content (AvgIpc) is 3.78. The highest BCUT2D eigenvalue weighted by Gasteiger charge is 2.21. The van der Waals surface area contributed by atoms with Gasteiger partial charge in [0.25, 0.3) is 0 Å². The van der Waals surface area contributed by atoms with Crippen molar-refractivity contribution in [2.45, 2.75) is 0 Å². The van der Waals surface area contributed by atoms with Crippen molar-refractivity contribution in [3.63, 3.8) is 0 Å². The van der Waals surface area contributed by atoms with Gasteiger partial charge in [-0.1, -0.05) is 158 Å². The Balaban J connectivity index is 1.19. The van der Waals surface area contributed by atoms with Crippen LogP contribution in [0.3, 0.4) is 0 Å². The van der Waals surface area contributed by atoms with E-state index in [9.17, 15) is 0 Å². The van der Waals surface area contributed by atoms with Gasteiger partial charge in [-0.05, 0) is 59.7 Å². The van der Waals surface area contributed by atoms with Crippen molar-refractivity contribution >= 4 is 43.6 Å². The summed E-state index contributed by atoms with van der Waals surface area (Å²) in [6.07, 6.45) is 0. The maximum absolute atomic E-state index is 5.33. The van der Waals surface area contributed by atoms with Crippen LogP contribution in [0.15, 0.2) is 206 Å². The Hall–Kier alpha value is -7.56. The maximum atomic E-state index is 5.33. The van der Waals surface area contributed by atoms with E-state index in [-0.39, 0.29) is 0 Å². The summed E-state index contributed by atoms with van der Waals surface area (Å²) in [6.45, 7) is 0. The molecule has 3 heterocycles. The van der Waals surface area contributed by atoms with Crippen LogP contribution in [0.5, 0.6) is 0 Å². The molecule has 4 heteroatoms. The molecular formula is C52H34N4. The van der Waals surface area contributed by atoms with Gasteiger partial charge < -0.3 is 9.13 Å². The van der Waals surface area contributed by atoms with Gasteiger partial charge in [0.2, 0.25) is 0 Å². The Kier molecular flexibility index (Phi) is 7.46. The van der Waals surface area contributed by atoms with E-state index in [1.54, 1.807) is 0 Å². The summed E-state index contributed by atoms with van der Waals surface area (Å²) >= 11 is 0. The summed E-state index contributed by atoms with van der Waals surface area (Å²) in [5.74, 6) is 0.688. The molecule has 0 amide bonds. The zero-order chi connectivity index (χ0) is 37.0. The maximum Gasteiger partial charge on any atom is 0.160 e. The Morgan fingerprint density at radius 1 is 0.304 bits per heavy atom. The Morgan fingerprint density at radius 2 is 0.768 bits per heavy atom. The lowest BCUT2D eigenvalue weighted by molar-refractivity contribution is 1.15. The largest absolute Gasteiger partial charge is 0.309 e. The quantitative estimate of drug-likeness (QED) is 0.172. The molecule has 11 aromatic rings. The second kappa shape index (κ2) is 13.1. The molecule has 262 valence electrons. The predicted molar refractivity (Wildman–Crippen MR) is 232 cm³/mol. The summed E-state index contributed by atoms with van der Waals surface area (Å²) in [4.78, 5) is 10.6. The van der Waals surface area contributed by atoms with Crippen molar-refractivity contribution in [3.05, 3.63) is 206 Å². The summed E-state index contributed by atoms with van der Waals surface area (Å²) in [5.41, 5.74) is 14.0. The van der Waals surface area contributed by atoms with Crippen LogP contribution in [0.1, 0.15) is 0 Å². The first-order valence-corrected chi connectivity index (χ1v) is 19.0. The number of fused-ring (bicyclic) bond motifs is 6. The first-order valence-electron chi connectivity index (χ1n) is 19.0. The van der Waals surface area contributed by atoms with E-state index in [0.29, 0.717) is 5.82 Å². The van der Waals surface area contributed by atoms with E-state index >= 15 is 0 Å². The van der Waals surface area contributed by atoms with Crippen LogP contribution in [-0.2, 0) is 0 Å². The van der Waals surface area contributed by atoms with Gasteiger partial charge in [-0.15, -0.1) is 0 Å². The SMILES string of the molecule is c1ccc(-c2nc(-c3ccccc3-c3ccccc3)cc(-c3ccccc3-n3c4ccccc4c4cc5c(cc43)c3ccccc3n5-c3ccccc3)n2)cc1. The molecule has 0 aliphatic carbocycles. The highest BCUT2D eigenvalue weighted by atomic mass is 15.0. The average molecular weight is 715 g/mol. The molecule has 0 saturated heterocycles. The minimum atomic E-state index is 0.688. The molecular weight excluding hydrogens is 681 g/mol. The predicted octanol–water partition coefficient (Wildman–Crippen LogP) is 13.3. The third kappa shape index (κ3) is 5.15. The first-order chi connectivity index (χ1) is 27.8. The molecule has 0 atom stereocenters. The van der Waals surface area contributed by atoms with E-state index in [1.165, 1.54) is 32.6 Å². The molecule has 56 heavy (non-hydrogen) atoms. The third-order valence-electron chi connectivity index (χ3n) is 10.9. The van der Waals surface area contributed by atoms with Gasteiger partial charge in [-0.25, -0.2) is 9.97 Å². The number of hydrogen-bond acceptors (Lipinski definition) is 2. The lowest BCUT2D eigenvalue weighted by Gasteiger charge is -2.16. The van der Waals surface area contributed by atoms with Gasteiger partial charge in [-0.2, -0.15) is 0 Å². The van der Waals surface area contributed by atoms with Crippen molar-refractivity contribution in [2.24, 2.45) is 0 Å². The number of para-hydroxylation sites is 4. The molecule has 4 nitrogen and oxygen atoms in total. The monoisotopic (exact) mass is 714 g/mol. The molecule has 0 fully saturated rings. The lowest BCUT2D eigenvalue weighted by atomic mass is 9.96. The number of aromatic nitrogens is 4. The Morgan fingerprint density at radius 3 is 1.43 bits per heavy atom. The van der Waals surface area contributed by atoms with Crippen molar-refractivity contribution in [1.82, 2.24) is 19.1 Å². The van der Waals surface area contributed by atoms with Gasteiger partial charge in [0, 0.05) is 43.9 Å². The van der Waals surface area contributed by atoms with E-state index in [2.05, 4.69) is 197 Å². The molecule has 8 aromatic carbocycles. The van der Waals surface area contributed by atoms with Crippen LogP contribution in [0.25, 0.3) is 100 Å². The molecule has 0 N–H and O–H groups in total. The lowest BCUT2D eigenvalue weighted by Crippen LogP contribution is -2.01. The van der Waals surface area contributed by atoms with E-state index in [0.717, 1.165) is 61.6 Å². The van der Waals surface area contributed by atoms with E-state index < -0.39 is 0 Å². The van der Waals surface area contributed by atoms with Crippen molar-refractivity contribution in [2.75, 3.05) is 0 Å². The molecule has 0 aliphatic rings. The molecule has 0 saturated carbocycles. The normalized spacial score (nSPS) is 11.6. The number of benzene rings is 8. The molecule has 0 unspecified atom stereocenters. The van der Waals surface area contributed by atoms with Crippen molar-refractivity contribution in [1.29, 1.82) is 0 Å². The fraction of sp³-hybridized carbons (Fsp3) is 0. The van der Waals surface area contributed by atoms with Crippen LogP contribution in [0, 0.1) is 0 Å². The van der Waals surface area contributed by atoms with Crippen LogP contribution in [0.4, 0.5) is 0 Å². The van der Waals surface area contributed by atoms with Gasteiger partial charge in [0.15, 0.2) is 5.82 Å². The zero-order valence-electron chi connectivity index (χ0n) is 30.4. The van der Waals surface area contributed by atoms with Crippen molar-refractivity contribution < 1.29 is 0 Å². The van der Waals surface area contributed by atoms with Gasteiger partial charge in [-0.3, -0.25) is 0 Å². The zero-order valence-corrected chi connectivity index (χ0v) is 30.4. The Labute approximate surface area is 324 Å². The summed E-state index contributed by atoms with van der Waals surface area (Å²) < 4.78 is 4.82. The second-order valence-corrected chi connectivity index (χ2v) is 14.2. The van der Waals surface area contributed by atoms with Gasteiger partial charge >= 0.3 is 0 Å². The minimum Gasteiger partial charge on any atom is -0.309 e. The van der Waals surface area contributed by atoms with Crippen LogP contribution >= 0.6 is 0 Å². The topological polar surface area (TPSA) is 35.6 Å². The highest BCUT2D eigenvalue weighted by molar-refractivity contribution is 6.19. The molecule has 11 rings (SSSR count). The Bertz CT molecular complexity index is 3230. The van der Waals surface area contributed by atoms with Crippen LogP contribution in [0.2, 0.25) is 0 Å². The van der Waals surface area contributed by atoms with E-state index in [1.807, 2.05) is 18.2 Å². The highest BCUT2D eigenvalue weighted by Crippen LogP contribution is 2.42. The fourth-order valence-electron chi connectivity index (χ4n) is 8.45.